The van der Waals surface area contributed by atoms with Gasteiger partial charge in [-0.15, -0.1) is 0 Å². The van der Waals surface area contributed by atoms with E-state index in [1.165, 1.54) is 5.54 Å². The molecule has 0 spiro atoms. The Balaban J connectivity index is 3.81. The van der Waals surface area contributed by atoms with E-state index in [4.69, 9.17) is 11.6 Å². The average Bonchev–Trinajstić information content (AvgIpc) is 1.84. The second kappa shape index (κ2) is 3.67. The van der Waals surface area contributed by atoms with E-state index in [1.54, 1.807) is 6.92 Å². The molecule has 0 saturated heterocycles. The van der Waals surface area contributed by atoms with Crippen molar-refractivity contribution >= 4 is 17.9 Å². The molecule has 0 fully saturated rings. The molecule has 0 aliphatic heterocycles. The van der Waals surface area contributed by atoms with Crippen molar-refractivity contribution in [3.8, 4) is 0 Å². The number of halogens is 1. The third-order valence-corrected chi connectivity index (χ3v) is 1.44. The van der Waals surface area contributed by atoms with E-state index >= 15 is 0 Å². The van der Waals surface area contributed by atoms with Crippen molar-refractivity contribution in [3.63, 3.8) is 0 Å². The highest BCUT2D eigenvalue weighted by molar-refractivity contribution is 6.25. The summed E-state index contributed by atoms with van der Waals surface area (Å²) in [5.74, 6) is -0.0347. The summed E-state index contributed by atoms with van der Waals surface area (Å²) in [5, 5.41) is 0. The summed E-state index contributed by atoms with van der Waals surface area (Å²) < 4.78 is 0. The Kier molecular flexibility index (Phi) is 3.53. The summed E-state index contributed by atoms with van der Waals surface area (Å²) in [6.45, 7) is 3.63. The lowest BCUT2D eigenvalue weighted by Crippen LogP contribution is -1.95. The standard InChI is InChI=1S/C6H9ClO/c1-5(3-7)6(2)4-8/h3-4,6H,1-2H3/b5-3+. The summed E-state index contributed by atoms with van der Waals surface area (Å²) in [6.07, 6.45) is 0.869. The van der Waals surface area contributed by atoms with Crippen molar-refractivity contribution in [2.75, 3.05) is 0 Å². The van der Waals surface area contributed by atoms with E-state index < -0.39 is 0 Å². The van der Waals surface area contributed by atoms with Crippen LogP contribution in [0.25, 0.3) is 0 Å². The van der Waals surface area contributed by atoms with Crippen molar-refractivity contribution in [2.45, 2.75) is 13.8 Å². The molecule has 1 atom stereocenters. The number of hydrogen-bond donors (Lipinski definition) is 0. The van der Waals surface area contributed by atoms with E-state index in [1.807, 2.05) is 6.92 Å². The van der Waals surface area contributed by atoms with Gasteiger partial charge in [-0.05, 0) is 6.92 Å². The van der Waals surface area contributed by atoms with Crippen LogP contribution in [0.5, 0.6) is 0 Å². The quantitative estimate of drug-likeness (QED) is 0.525. The summed E-state index contributed by atoms with van der Waals surface area (Å²) in [4.78, 5) is 10.0. The molecule has 0 aliphatic rings. The van der Waals surface area contributed by atoms with Crippen molar-refractivity contribution in [1.29, 1.82) is 0 Å². The van der Waals surface area contributed by atoms with Crippen LogP contribution in [0, 0.1) is 5.92 Å². The van der Waals surface area contributed by atoms with Gasteiger partial charge in [0.1, 0.15) is 6.29 Å². The maximum absolute atomic E-state index is 10.0. The highest BCUT2D eigenvalue weighted by atomic mass is 35.5. The van der Waals surface area contributed by atoms with Crippen LogP contribution in [0.2, 0.25) is 0 Å². The Morgan fingerprint density at radius 2 is 2.25 bits per heavy atom. The molecule has 0 heterocycles. The van der Waals surface area contributed by atoms with Crippen LogP contribution in [-0.2, 0) is 4.79 Å². The second-order valence-corrected chi connectivity index (χ2v) is 2.00. The maximum atomic E-state index is 10.0. The lowest BCUT2D eigenvalue weighted by molar-refractivity contribution is -0.109. The number of carbonyl (C=O) groups excluding carboxylic acids is 1. The first-order valence-corrected chi connectivity index (χ1v) is 2.88. The minimum absolute atomic E-state index is 0.0347. The van der Waals surface area contributed by atoms with Crippen LogP contribution in [0.4, 0.5) is 0 Å². The molecule has 8 heavy (non-hydrogen) atoms. The van der Waals surface area contributed by atoms with Crippen LogP contribution in [0.3, 0.4) is 0 Å². The lowest BCUT2D eigenvalue weighted by atomic mass is 10.1. The van der Waals surface area contributed by atoms with Crippen LogP contribution >= 0.6 is 11.6 Å². The van der Waals surface area contributed by atoms with Gasteiger partial charge in [0.15, 0.2) is 0 Å². The lowest BCUT2D eigenvalue weighted by Gasteiger charge is -1.98. The van der Waals surface area contributed by atoms with Gasteiger partial charge in [-0.1, -0.05) is 24.1 Å². The number of hydrogen-bond acceptors (Lipinski definition) is 1. The highest BCUT2D eigenvalue weighted by Crippen LogP contribution is 2.06. The van der Waals surface area contributed by atoms with Gasteiger partial charge in [0.2, 0.25) is 0 Å². The molecule has 1 nitrogen and oxygen atoms in total. The molecular formula is C6H9ClO. The first-order valence-electron chi connectivity index (χ1n) is 2.44. The minimum Gasteiger partial charge on any atom is -0.303 e. The van der Waals surface area contributed by atoms with Gasteiger partial charge in [0.05, 0.1) is 0 Å². The zero-order valence-electron chi connectivity index (χ0n) is 5.02. The van der Waals surface area contributed by atoms with E-state index in [0.717, 1.165) is 11.9 Å². The van der Waals surface area contributed by atoms with Crippen LogP contribution in [0.1, 0.15) is 13.8 Å². The van der Waals surface area contributed by atoms with Crippen molar-refractivity contribution in [2.24, 2.45) is 5.92 Å². The molecule has 0 N–H and O–H groups in total. The fourth-order valence-electron chi connectivity index (χ4n) is 0.207. The van der Waals surface area contributed by atoms with Gasteiger partial charge in [-0.3, -0.25) is 0 Å². The van der Waals surface area contributed by atoms with Gasteiger partial charge >= 0.3 is 0 Å². The Morgan fingerprint density at radius 3 is 2.38 bits per heavy atom. The predicted molar refractivity (Wildman–Crippen MR) is 34.8 cm³/mol. The van der Waals surface area contributed by atoms with Crippen molar-refractivity contribution in [3.05, 3.63) is 11.1 Å². The number of aldehydes is 1. The van der Waals surface area contributed by atoms with Crippen LogP contribution in [0.15, 0.2) is 11.1 Å². The molecule has 0 aromatic carbocycles. The van der Waals surface area contributed by atoms with E-state index in [9.17, 15) is 4.79 Å². The molecule has 0 aromatic heterocycles. The molecule has 0 amide bonds. The van der Waals surface area contributed by atoms with Crippen molar-refractivity contribution < 1.29 is 4.79 Å². The molecule has 0 aliphatic carbocycles. The van der Waals surface area contributed by atoms with E-state index in [0.29, 0.717) is 0 Å². The first-order chi connectivity index (χ1) is 3.72. The summed E-state index contributed by atoms with van der Waals surface area (Å²) in [6, 6.07) is 0. The zero-order valence-corrected chi connectivity index (χ0v) is 5.77. The third kappa shape index (κ3) is 2.12. The van der Waals surface area contributed by atoms with Gasteiger partial charge < -0.3 is 4.79 Å². The molecule has 0 radical (unpaired) electrons. The molecule has 46 valence electrons. The Hall–Kier alpha value is -0.300. The van der Waals surface area contributed by atoms with Gasteiger partial charge in [-0.2, -0.15) is 0 Å². The number of carbonyl (C=O) groups is 1. The Morgan fingerprint density at radius 1 is 1.75 bits per heavy atom. The molecule has 0 rings (SSSR count). The predicted octanol–water partition coefficient (Wildman–Crippen LogP) is 1.96. The van der Waals surface area contributed by atoms with Crippen LogP contribution in [-0.4, -0.2) is 6.29 Å². The summed E-state index contributed by atoms with van der Waals surface area (Å²) in [7, 11) is 0. The second-order valence-electron chi connectivity index (χ2n) is 1.78. The molecule has 2 heteroatoms. The smallest absolute Gasteiger partial charge is 0.126 e. The fraction of sp³-hybridized carbons (Fsp3) is 0.500. The van der Waals surface area contributed by atoms with E-state index in [-0.39, 0.29) is 5.92 Å². The molecular weight excluding hydrogens is 124 g/mol. The largest absolute Gasteiger partial charge is 0.303 e. The fourth-order valence-corrected chi connectivity index (χ4v) is 0.405. The monoisotopic (exact) mass is 132 g/mol. The summed E-state index contributed by atoms with van der Waals surface area (Å²) in [5.41, 5.74) is 2.33. The first kappa shape index (κ1) is 7.70. The van der Waals surface area contributed by atoms with Gasteiger partial charge in [0.25, 0.3) is 0 Å². The Bertz CT molecular complexity index is 107. The van der Waals surface area contributed by atoms with Crippen LogP contribution < -0.4 is 0 Å². The average molecular weight is 133 g/mol. The number of rotatable bonds is 2. The number of allylic oxidation sites excluding steroid dienone is 1. The topological polar surface area (TPSA) is 17.1 Å². The van der Waals surface area contributed by atoms with Gasteiger partial charge in [0, 0.05) is 11.5 Å². The van der Waals surface area contributed by atoms with Gasteiger partial charge in [-0.25, -0.2) is 0 Å². The van der Waals surface area contributed by atoms with E-state index in [2.05, 4.69) is 0 Å². The SMILES string of the molecule is C/C(=C\Cl)C(C)C=O. The molecule has 1 unspecified atom stereocenters. The normalized spacial score (nSPS) is 15.6. The zero-order chi connectivity index (χ0) is 6.57. The molecule has 0 aromatic rings. The maximum Gasteiger partial charge on any atom is 0.126 e. The summed E-state index contributed by atoms with van der Waals surface area (Å²) >= 11 is 5.30. The molecule has 0 saturated carbocycles. The van der Waals surface area contributed by atoms with Crippen molar-refractivity contribution in [1.82, 2.24) is 0 Å². The molecule has 0 bridgehead atoms. The minimum atomic E-state index is -0.0347. The Labute approximate surface area is 54.3 Å². The third-order valence-electron chi connectivity index (χ3n) is 1.09. The highest BCUT2D eigenvalue weighted by Gasteiger charge is 1.98.